The zero-order valence-corrected chi connectivity index (χ0v) is 13.4. The van der Waals surface area contributed by atoms with Crippen molar-refractivity contribution in [3.05, 3.63) is 29.3 Å². The lowest BCUT2D eigenvalue weighted by Crippen LogP contribution is -2.09. The number of benzene rings is 1. The van der Waals surface area contributed by atoms with E-state index in [1.165, 1.54) is 5.56 Å². The molecule has 1 aromatic carbocycles. The van der Waals surface area contributed by atoms with E-state index in [4.69, 9.17) is 15.2 Å². The number of unbranched alkanes of at least 4 members (excludes halogenated alkanes) is 2. The fourth-order valence-electron chi connectivity index (χ4n) is 2.12. The number of hydrogen-bond acceptors (Lipinski definition) is 4. The van der Waals surface area contributed by atoms with Crippen LogP contribution in [0, 0.1) is 6.92 Å². The van der Waals surface area contributed by atoms with Gasteiger partial charge >= 0.3 is 5.97 Å². The maximum atomic E-state index is 11.2. The molecule has 118 valence electrons. The summed E-state index contributed by atoms with van der Waals surface area (Å²) in [6.07, 6.45) is 3.21. The fourth-order valence-corrected chi connectivity index (χ4v) is 2.12. The summed E-state index contributed by atoms with van der Waals surface area (Å²) in [5, 5.41) is 0. The average Bonchev–Trinajstić information content (AvgIpc) is 2.44. The zero-order chi connectivity index (χ0) is 15.7. The van der Waals surface area contributed by atoms with Crippen molar-refractivity contribution in [1.82, 2.24) is 0 Å². The summed E-state index contributed by atoms with van der Waals surface area (Å²) in [6, 6.07) is 6.04. The summed E-state index contributed by atoms with van der Waals surface area (Å²) >= 11 is 0. The molecule has 0 unspecified atom stereocenters. The van der Waals surface area contributed by atoms with Crippen LogP contribution in [0.2, 0.25) is 0 Å². The van der Waals surface area contributed by atoms with Gasteiger partial charge in [0.1, 0.15) is 5.75 Å². The molecular weight excluding hydrogens is 266 g/mol. The SMILES string of the molecule is CCOC(=O)CCCCCOc1ccc(C)cc1[C@H](C)N. The minimum atomic E-state index is -0.115. The van der Waals surface area contributed by atoms with Crippen LogP contribution >= 0.6 is 0 Å². The lowest BCUT2D eigenvalue weighted by Gasteiger charge is -2.14. The third-order valence-electron chi connectivity index (χ3n) is 3.24. The van der Waals surface area contributed by atoms with Gasteiger partial charge in [0.25, 0.3) is 0 Å². The zero-order valence-electron chi connectivity index (χ0n) is 13.4. The molecule has 0 aromatic heterocycles. The van der Waals surface area contributed by atoms with Crippen LogP contribution in [-0.2, 0) is 9.53 Å². The number of nitrogens with two attached hydrogens (primary N) is 1. The molecule has 0 saturated heterocycles. The first-order valence-electron chi connectivity index (χ1n) is 7.69. The van der Waals surface area contributed by atoms with E-state index in [-0.39, 0.29) is 12.0 Å². The van der Waals surface area contributed by atoms with Crippen LogP contribution in [0.1, 0.15) is 56.7 Å². The van der Waals surface area contributed by atoms with Crippen LogP contribution in [0.3, 0.4) is 0 Å². The van der Waals surface area contributed by atoms with Crippen molar-refractivity contribution in [2.24, 2.45) is 5.73 Å². The molecule has 1 atom stereocenters. The largest absolute Gasteiger partial charge is 0.493 e. The van der Waals surface area contributed by atoms with Crippen molar-refractivity contribution in [3.63, 3.8) is 0 Å². The van der Waals surface area contributed by atoms with E-state index in [1.54, 1.807) is 0 Å². The first-order chi connectivity index (χ1) is 10.0. The molecule has 2 N–H and O–H groups in total. The summed E-state index contributed by atoms with van der Waals surface area (Å²) < 4.78 is 10.7. The third-order valence-corrected chi connectivity index (χ3v) is 3.24. The maximum Gasteiger partial charge on any atom is 0.305 e. The molecule has 4 heteroatoms. The van der Waals surface area contributed by atoms with Gasteiger partial charge in [-0.1, -0.05) is 17.7 Å². The molecule has 4 nitrogen and oxygen atoms in total. The molecule has 0 heterocycles. The van der Waals surface area contributed by atoms with Gasteiger partial charge in [-0.15, -0.1) is 0 Å². The van der Waals surface area contributed by atoms with Crippen molar-refractivity contribution in [1.29, 1.82) is 0 Å². The highest BCUT2D eigenvalue weighted by atomic mass is 16.5. The minimum absolute atomic E-state index is 0.0382. The molecule has 0 amide bonds. The second-order valence-corrected chi connectivity index (χ2v) is 5.29. The molecule has 0 aliphatic carbocycles. The van der Waals surface area contributed by atoms with Gasteiger partial charge in [-0.3, -0.25) is 4.79 Å². The van der Waals surface area contributed by atoms with Gasteiger partial charge < -0.3 is 15.2 Å². The van der Waals surface area contributed by atoms with E-state index in [2.05, 4.69) is 6.07 Å². The van der Waals surface area contributed by atoms with Gasteiger partial charge in [0.05, 0.1) is 13.2 Å². The number of esters is 1. The number of hydrogen-bond donors (Lipinski definition) is 1. The topological polar surface area (TPSA) is 61.5 Å². The second kappa shape index (κ2) is 9.40. The van der Waals surface area contributed by atoms with E-state index in [0.717, 1.165) is 30.6 Å². The highest BCUT2D eigenvalue weighted by molar-refractivity contribution is 5.69. The Morgan fingerprint density at radius 1 is 1.29 bits per heavy atom. The maximum absolute atomic E-state index is 11.2. The van der Waals surface area contributed by atoms with Crippen molar-refractivity contribution in [3.8, 4) is 5.75 Å². The van der Waals surface area contributed by atoms with Crippen molar-refractivity contribution >= 4 is 5.97 Å². The van der Waals surface area contributed by atoms with Gasteiger partial charge in [-0.05, 0) is 46.1 Å². The average molecular weight is 293 g/mol. The number of carbonyl (C=O) groups excluding carboxylic acids is 1. The number of ether oxygens (including phenoxy) is 2. The van der Waals surface area contributed by atoms with Crippen LogP contribution in [0.4, 0.5) is 0 Å². The van der Waals surface area contributed by atoms with Gasteiger partial charge in [-0.25, -0.2) is 0 Å². The van der Waals surface area contributed by atoms with Crippen molar-refractivity contribution in [2.45, 2.75) is 52.5 Å². The van der Waals surface area contributed by atoms with E-state index in [0.29, 0.717) is 19.6 Å². The Kier molecular flexibility index (Phi) is 7.83. The Morgan fingerprint density at radius 2 is 2.05 bits per heavy atom. The molecule has 0 aliphatic heterocycles. The van der Waals surface area contributed by atoms with Crippen LogP contribution in [0.25, 0.3) is 0 Å². The highest BCUT2D eigenvalue weighted by Gasteiger charge is 2.08. The molecular formula is C17H27NO3. The molecule has 0 aliphatic rings. The third kappa shape index (κ3) is 6.63. The smallest absolute Gasteiger partial charge is 0.305 e. The van der Waals surface area contributed by atoms with Crippen LogP contribution < -0.4 is 10.5 Å². The minimum Gasteiger partial charge on any atom is -0.493 e. The molecule has 0 bridgehead atoms. The molecule has 0 saturated carbocycles. The number of aryl methyl sites for hydroxylation is 1. The highest BCUT2D eigenvalue weighted by Crippen LogP contribution is 2.25. The summed E-state index contributed by atoms with van der Waals surface area (Å²) in [5.74, 6) is 0.747. The first kappa shape index (κ1) is 17.5. The van der Waals surface area contributed by atoms with E-state index in [1.807, 2.05) is 32.9 Å². The molecule has 0 spiro atoms. The van der Waals surface area contributed by atoms with E-state index in [9.17, 15) is 4.79 Å². The lowest BCUT2D eigenvalue weighted by atomic mass is 10.1. The molecule has 0 radical (unpaired) electrons. The molecule has 1 aromatic rings. The molecule has 1 rings (SSSR count). The van der Waals surface area contributed by atoms with E-state index < -0.39 is 0 Å². The summed E-state index contributed by atoms with van der Waals surface area (Å²) in [7, 11) is 0. The lowest BCUT2D eigenvalue weighted by molar-refractivity contribution is -0.143. The monoisotopic (exact) mass is 293 g/mol. The quantitative estimate of drug-likeness (QED) is 0.559. The van der Waals surface area contributed by atoms with Crippen molar-refractivity contribution < 1.29 is 14.3 Å². The fraction of sp³-hybridized carbons (Fsp3) is 0.588. The van der Waals surface area contributed by atoms with Gasteiger partial charge in [-0.2, -0.15) is 0 Å². The van der Waals surface area contributed by atoms with Crippen LogP contribution in [0.5, 0.6) is 5.75 Å². The number of carbonyl (C=O) groups is 1. The van der Waals surface area contributed by atoms with Gasteiger partial charge in [0, 0.05) is 18.0 Å². The Balaban J connectivity index is 2.28. The Hall–Kier alpha value is -1.55. The molecule has 0 fully saturated rings. The molecule has 21 heavy (non-hydrogen) atoms. The number of rotatable bonds is 9. The Labute approximate surface area is 127 Å². The van der Waals surface area contributed by atoms with Gasteiger partial charge in [0.15, 0.2) is 0 Å². The van der Waals surface area contributed by atoms with Crippen LogP contribution in [0.15, 0.2) is 18.2 Å². The predicted molar refractivity (Wildman–Crippen MR) is 84.4 cm³/mol. The first-order valence-corrected chi connectivity index (χ1v) is 7.69. The Bertz CT molecular complexity index is 444. The summed E-state index contributed by atoms with van der Waals surface area (Å²) in [4.78, 5) is 11.2. The van der Waals surface area contributed by atoms with Crippen LogP contribution in [-0.4, -0.2) is 19.2 Å². The Morgan fingerprint density at radius 3 is 2.71 bits per heavy atom. The summed E-state index contributed by atoms with van der Waals surface area (Å²) in [5.41, 5.74) is 8.19. The predicted octanol–water partition coefficient (Wildman–Crippen LogP) is 3.52. The normalized spacial score (nSPS) is 12.0. The van der Waals surface area contributed by atoms with Crippen molar-refractivity contribution in [2.75, 3.05) is 13.2 Å². The van der Waals surface area contributed by atoms with Gasteiger partial charge in [0.2, 0.25) is 0 Å². The standard InChI is InChI=1S/C17H27NO3/c1-4-20-17(19)8-6-5-7-11-21-16-10-9-13(2)12-15(16)14(3)18/h9-10,12,14H,4-8,11,18H2,1-3H3/t14-/m0/s1. The second-order valence-electron chi connectivity index (χ2n) is 5.29. The summed E-state index contributed by atoms with van der Waals surface area (Å²) in [6.45, 7) is 6.93. The van der Waals surface area contributed by atoms with E-state index >= 15 is 0 Å².